The molecule has 2 N–H and O–H groups in total. The topological polar surface area (TPSA) is 75.1 Å². The normalized spacial score (nSPS) is 9.88. The second-order valence-corrected chi connectivity index (χ2v) is 3.45. The average molecular weight is 222 g/mol. The molecule has 5 heteroatoms. The molecule has 0 unspecified atom stereocenters. The van der Waals surface area contributed by atoms with Crippen LogP contribution in [0.15, 0.2) is 33.7 Å². The summed E-state index contributed by atoms with van der Waals surface area (Å²) in [6.07, 6.45) is 1.98. The van der Waals surface area contributed by atoms with Gasteiger partial charge in [-0.1, -0.05) is 6.58 Å². The Morgan fingerprint density at radius 3 is 2.88 bits per heavy atom. The highest BCUT2D eigenvalue weighted by Gasteiger charge is 2.01. The summed E-state index contributed by atoms with van der Waals surface area (Å²) in [4.78, 5) is 24.7. The van der Waals surface area contributed by atoms with Crippen LogP contribution in [0.4, 0.5) is 0 Å². The number of nitrogens with zero attached hydrogens (tertiary/aromatic N) is 1. The Bertz CT molecular complexity index is 533. The smallest absolute Gasteiger partial charge is 0.328 e. The van der Waals surface area contributed by atoms with E-state index < -0.39 is 5.69 Å². The van der Waals surface area contributed by atoms with Crippen LogP contribution in [0.5, 0.6) is 0 Å². The fourth-order valence-electron chi connectivity index (χ4n) is 1.26. The Morgan fingerprint density at radius 1 is 1.62 bits per heavy atom. The van der Waals surface area contributed by atoms with E-state index in [0.29, 0.717) is 24.1 Å². The van der Waals surface area contributed by atoms with Gasteiger partial charge < -0.3 is 5.11 Å². The van der Waals surface area contributed by atoms with E-state index in [2.05, 4.69) is 17.3 Å². The summed E-state index contributed by atoms with van der Waals surface area (Å²) in [6, 6.07) is 0. The molecule has 1 heterocycles. The molecular formula is C11H14N2O3. The molecule has 1 rings (SSSR count). The summed E-state index contributed by atoms with van der Waals surface area (Å²) in [6.45, 7) is 5.32. The fourth-order valence-corrected chi connectivity index (χ4v) is 1.26. The Labute approximate surface area is 92.4 Å². The first-order valence-corrected chi connectivity index (χ1v) is 4.87. The Morgan fingerprint density at radius 2 is 2.31 bits per heavy atom. The molecule has 0 atom stereocenters. The zero-order valence-electron chi connectivity index (χ0n) is 9.12. The average Bonchev–Trinajstić information content (AvgIpc) is 2.26. The van der Waals surface area contributed by atoms with Gasteiger partial charge >= 0.3 is 5.69 Å². The molecule has 0 amide bonds. The predicted octanol–water partition coefficient (Wildman–Crippen LogP) is -0.0613. The molecule has 0 spiro atoms. The third kappa shape index (κ3) is 2.82. The standard InChI is InChI=1S/C11H14N2O3/c1-3-9(7-14)4-5-13-6-8(2)10(15)12-11(13)16/h6,14H,1,4-5,7H2,2H3,(H,12,15,16). The minimum absolute atomic E-state index is 0.124. The van der Waals surface area contributed by atoms with Gasteiger partial charge in [0.1, 0.15) is 0 Å². The van der Waals surface area contributed by atoms with Gasteiger partial charge in [0.15, 0.2) is 0 Å². The molecule has 0 saturated heterocycles. The minimum Gasteiger partial charge on any atom is -0.391 e. The van der Waals surface area contributed by atoms with E-state index in [4.69, 9.17) is 5.11 Å². The number of rotatable bonds is 4. The van der Waals surface area contributed by atoms with Gasteiger partial charge in [0, 0.05) is 18.3 Å². The van der Waals surface area contributed by atoms with Gasteiger partial charge in [-0.3, -0.25) is 14.3 Å². The maximum absolute atomic E-state index is 11.4. The Hall–Kier alpha value is -1.84. The van der Waals surface area contributed by atoms with Crippen LogP contribution < -0.4 is 11.2 Å². The predicted molar refractivity (Wildman–Crippen MR) is 60.4 cm³/mol. The third-order valence-electron chi connectivity index (χ3n) is 2.28. The first-order chi connectivity index (χ1) is 7.58. The lowest BCUT2D eigenvalue weighted by Crippen LogP contribution is -2.30. The van der Waals surface area contributed by atoms with Gasteiger partial charge in [0.2, 0.25) is 0 Å². The molecule has 0 radical (unpaired) electrons. The second kappa shape index (κ2) is 5.30. The largest absolute Gasteiger partial charge is 0.391 e. The summed E-state index contributed by atoms with van der Waals surface area (Å²) >= 11 is 0. The Balaban J connectivity index is 2.91. The Kier molecular flexibility index (Phi) is 4.05. The van der Waals surface area contributed by atoms with Gasteiger partial charge in [0.25, 0.3) is 5.56 Å². The fraction of sp³-hybridized carbons (Fsp3) is 0.364. The van der Waals surface area contributed by atoms with Crippen LogP contribution in [0.25, 0.3) is 0 Å². The van der Waals surface area contributed by atoms with E-state index >= 15 is 0 Å². The number of aliphatic hydroxyl groups is 1. The van der Waals surface area contributed by atoms with E-state index in [9.17, 15) is 9.59 Å². The van der Waals surface area contributed by atoms with Crippen LogP contribution in [0.3, 0.4) is 0 Å². The number of aromatic amines is 1. The first-order valence-electron chi connectivity index (χ1n) is 4.87. The lowest BCUT2D eigenvalue weighted by atomic mass is 10.2. The maximum Gasteiger partial charge on any atom is 0.328 e. The van der Waals surface area contributed by atoms with Gasteiger partial charge in [0.05, 0.1) is 6.61 Å². The molecule has 86 valence electrons. The zero-order valence-corrected chi connectivity index (χ0v) is 9.12. The van der Waals surface area contributed by atoms with E-state index in [-0.39, 0.29) is 12.2 Å². The molecule has 0 aliphatic carbocycles. The van der Waals surface area contributed by atoms with Crippen molar-refractivity contribution in [1.29, 1.82) is 0 Å². The molecule has 0 fully saturated rings. The quantitative estimate of drug-likeness (QED) is 0.701. The number of aliphatic hydroxyl groups excluding tert-OH is 1. The van der Waals surface area contributed by atoms with E-state index in [1.165, 1.54) is 10.8 Å². The van der Waals surface area contributed by atoms with Crippen LogP contribution in [-0.4, -0.2) is 21.3 Å². The summed E-state index contributed by atoms with van der Waals surface area (Å²) in [5.41, 5.74) is 2.89. The molecule has 5 nitrogen and oxygen atoms in total. The van der Waals surface area contributed by atoms with E-state index in [1.807, 2.05) is 0 Å². The number of aromatic nitrogens is 2. The number of H-pyrrole nitrogens is 1. The van der Waals surface area contributed by atoms with Crippen molar-refractivity contribution in [2.45, 2.75) is 19.9 Å². The van der Waals surface area contributed by atoms with Gasteiger partial charge in [-0.2, -0.15) is 0 Å². The lowest BCUT2D eigenvalue weighted by molar-refractivity contribution is 0.325. The lowest BCUT2D eigenvalue weighted by Gasteiger charge is -2.05. The molecule has 0 bridgehead atoms. The van der Waals surface area contributed by atoms with Gasteiger partial charge in [-0.25, -0.2) is 4.79 Å². The van der Waals surface area contributed by atoms with Crippen molar-refractivity contribution in [2.75, 3.05) is 6.61 Å². The molecular weight excluding hydrogens is 208 g/mol. The van der Waals surface area contributed by atoms with E-state index in [1.54, 1.807) is 6.92 Å². The summed E-state index contributed by atoms with van der Waals surface area (Å²) in [7, 11) is 0. The van der Waals surface area contributed by atoms with Crippen LogP contribution in [0.2, 0.25) is 0 Å². The summed E-state index contributed by atoms with van der Waals surface area (Å²) in [5.74, 6) is 0. The molecule has 0 aliphatic heterocycles. The van der Waals surface area contributed by atoms with Crippen molar-refractivity contribution in [3.63, 3.8) is 0 Å². The molecule has 16 heavy (non-hydrogen) atoms. The van der Waals surface area contributed by atoms with Crippen molar-refractivity contribution >= 4 is 0 Å². The third-order valence-corrected chi connectivity index (χ3v) is 2.28. The minimum atomic E-state index is -0.447. The van der Waals surface area contributed by atoms with Crippen LogP contribution >= 0.6 is 0 Å². The van der Waals surface area contributed by atoms with Gasteiger partial charge in [-0.15, -0.1) is 5.73 Å². The molecule has 0 aromatic carbocycles. The number of nitrogens with one attached hydrogen (secondary N) is 1. The van der Waals surface area contributed by atoms with Crippen molar-refractivity contribution in [2.24, 2.45) is 0 Å². The number of hydrogen-bond donors (Lipinski definition) is 2. The van der Waals surface area contributed by atoms with Gasteiger partial charge in [-0.05, 0) is 18.9 Å². The number of hydrogen-bond acceptors (Lipinski definition) is 3. The van der Waals surface area contributed by atoms with Crippen LogP contribution in [-0.2, 0) is 6.54 Å². The van der Waals surface area contributed by atoms with E-state index in [0.717, 1.165) is 0 Å². The first kappa shape index (κ1) is 12.2. The monoisotopic (exact) mass is 222 g/mol. The number of aryl methyl sites for hydroxylation is 2. The van der Waals surface area contributed by atoms with Crippen molar-refractivity contribution in [1.82, 2.24) is 9.55 Å². The maximum atomic E-state index is 11.4. The van der Waals surface area contributed by atoms with Crippen LogP contribution in [0.1, 0.15) is 12.0 Å². The molecule has 1 aromatic heterocycles. The highest BCUT2D eigenvalue weighted by atomic mass is 16.3. The molecule has 1 aromatic rings. The SMILES string of the molecule is C=C=C(CO)CCn1cc(C)c(=O)[nH]c1=O. The van der Waals surface area contributed by atoms with Crippen LogP contribution in [0, 0.1) is 6.92 Å². The van der Waals surface area contributed by atoms with Crippen molar-refractivity contribution in [3.8, 4) is 0 Å². The summed E-state index contributed by atoms with van der Waals surface area (Å²) < 4.78 is 1.39. The highest BCUT2D eigenvalue weighted by Crippen LogP contribution is 1.99. The summed E-state index contributed by atoms with van der Waals surface area (Å²) in [5, 5.41) is 8.89. The van der Waals surface area contributed by atoms with Crippen molar-refractivity contribution < 1.29 is 5.11 Å². The second-order valence-electron chi connectivity index (χ2n) is 3.45. The molecule has 0 aliphatic rings. The zero-order chi connectivity index (χ0) is 12.1. The van der Waals surface area contributed by atoms with Crippen molar-refractivity contribution in [3.05, 3.63) is 50.5 Å². The highest BCUT2D eigenvalue weighted by molar-refractivity contribution is 5.02. The molecule has 0 saturated carbocycles.